The summed E-state index contributed by atoms with van der Waals surface area (Å²) in [7, 11) is 1.60. The van der Waals surface area contributed by atoms with Gasteiger partial charge in [-0.1, -0.05) is 31.2 Å². The number of hydrogen-bond donors (Lipinski definition) is 2. The van der Waals surface area contributed by atoms with Gasteiger partial charge in [-0.3, -0.25) is 0 Å². The van der Waals surface area contributed by atoms with Crippen LogP contribution in [0.1, 0.15) is 35.9 Å². The van der Waals surface area contributed by atoms with Crippen LogP contribution in [0.5, 0.6) is 0 Å². The molecule has 0 aliphatic heterocycles. The van der Waals surface area contributed by atoms with Crippen molar-refractivity contribution in [1.82, 2.24) is 10.6 Å². The van der Waals surface area contributed by atoms with Gasteiger partial charge in [0.25, 0.3) is 0 Å². The first kappa shape index (κ1) is 15.6. The Morgan fingerprint density at radius 2 is 2.17 bits per heavy atom. The molecule has 2 aromatic rings. The highest BCUT2D eigenvalue weighted by molar-refractivity contribution is 5.75. The fourth-order valence-corrected chi connectivity index (χ4v) is 3.21. The zero-order chi connectivity index (χ0) is 16.2. The highest BCUT2D eigenvalue weighted by Gasteiger charge is 2.30. The first-order chi connectivity index (χ1) is 11.2. The second-order valence-corrected chi connectivity index (χ2v) is 6.00. The van der Waals surface area contributed by atoms with Gasteiger partial charge in [-0.2, -0.15) is 0 Å². The topological polar surface area (TPSA) is 63.5 Å². The number of benzene rings is 1. The largest absolute Gasteiger partial charge is 0.467 e. The van der Waals surface area contributed by atoms with Gasteiger partial charge in [-0.25, -0.2) is 4.79 Å². The lowest BCUT2D eigenvalue weighted by Crippen LogP contribution is -2.42. The van der Waals surface area contributed by atoms with E-state index >= 15 is 0 Å². The van der Waals surface area contributed by atoms with Crippen LogP contribution in [0.25, 0.3) is 0 Å². The molecule has 0 saturated carbocycles. The van der Waals surface area contributed by atoms with Gasteiger partial charge < -0.3 is 19.8 Å². The van der Waals surface area contributed by atoms with Gasteiger partial charge >= 0.3 is 6.03 Å². The van der Waals surface area contributed by atoms with E-state index in [-0.39, 0.29) is 18.1 Å². The minimum atomic E-state index is -0.304. The number of rotatable bonds is 5. The third-order valence-electron chi connectivity index (χ3n) is 4.31. The lowest BCUT2D eigenvalue weighted by atomic mass is 10.0. The molecular weight excluding hydrogens is 292 g/mol. The maximum Gasteiger partial charge on any atom is 0.315 e. The molecule has 2 amide bonds. The molecule has 0 fully saturated rings. The number of methoxy groups -OCH3 is 1. The van der Waals surface area contributed by atoms with Gasteiger partial charge in [0.05, 0.1) is 18.9 Å². The van der Waals surface area contributed by atoms with Crippen molar-refractivity contribution in [2.45, 2.75) is 25.4 Å². The van der Waals surface area contributed by atoms with Crippen LogP contribution in [0.2, 0.25) is 0 Å². The summed E-state index contributed by atoms with van der Waals surface area (Å²) in [6.07, 6.45) is 2.58. The van der Waals surface area contributed by atoms with Gasteiger partial charge in [0, 0.05) is 7.11 Å². The molecule has 3 rings (SSSR count). The van der Waals surface area contributed by atoms with E-state index in [1.807, 2.05) is 18.2 Å². The lowest BCUT2D eigenvalue weighted by Gasteiger charge is -2.22. The van der Waals surface area contributed by atoms with Crippen molar-refractivity contribution < 1.29 is 13.9 Å². The number of hydrogen-bond acceptors (Lipinski definition) is 3. The predicted octanol–water partition coefficient (Wildman–Crippen LogP) is 3.20. The van der Waals surface area contributed by atoms with E-state index in [0.29, 0.717) is 18.3 Å². The van der Waals surface area contributed by atoms with Crippen molar-refractivity contribution in [1.29, 1.82) is 0 Å². The third-order valence-corrected chi connectivity index (χ3v) is 4.31. The Hall–Kier alpha value is -2.27. The Morgan fingerprint density at radius 1 is 1.35 bits per heavy atom. The number of amides is 2. The van der Waals surface area contributed by atoms with E-state index in [1.165, 1.54) is 11.1 Å². The average Bonchev–Trinajstić information content (AvgIpc) is 3.16. The molecule has 0 bridgehead atoms. The molecule has 0 radical (unpaired) electrons. The number of ether oxygens (including phenoxy) is 1. The number of fused-ring (bicyclic) bond motifs is 1. The quantitative estimate of drug-likeness (QED) is 0.891. The highest BCUT2D eigenvalue weighted by Crippen LogP contribution is 2.35. The Kier molecular flexibility index (Phi) is 4.67. The lowest BCUT2D eigenvalue weighted by molar-refractivity contribution is 0.156. The minimum absolute atomic E-state index is 0.0333. The summed E-state index contributed by atoms with van der Waals surface area (Å²) >= 11 is 0. The highest BCUT2D eigenvalue weighted by atomic mass is 16.5. The Morgan fingerprint density at radius 3 is 2.91 bits per heavy atom. The fourth-order valence-electron chi connectivity index (χ4n) is 3.21. The standard InChI is InChI=1S/C18H22N2O3/c1-12-10-13-6-3-4-7-14(13)17(12)20-18(21)19-15(11-22-2)16-8-5-9-23-16/h3-9,12,15,17H,10-11H2,1-2H3,(H2,19,20,21)/t12-,15-,17-/m0/s1. The van der Waals surface area contributed by atoms with E-state index in [2.05, 4.69) is 29.7 Å². The van der Waals surface area contributed by atoms with Crippen LogP contribution in [0.4, 0.5) is 4.79 Å². The predicted molar refractivity (Wildman–Crippen MR) is 87.0 cm³/mol. The molecule has 122 valence electrons. The molecule has 0 unspecified atom stereocenters. The summed E-state index contributed by atoms with van der Waals surface area (Å²) in [6, 6.07) is 11.4. The Balaban J connectivity index is 1.67. The normalized spacial score (nSPS) is 20.8. The van der Waals surface area contributed by atoms with Crippen molar-refractivity contribution >= 4 is 6.03 Å². The molecule has 1 aliphatic rings. The van der Waals surface area contributed by atoms with Gasteiger partial charge in [0.2, 0.25) is 0 Å². The van der Waals surface area contributed by atoms with Crippen LogP contribution in [0.15, 0.2) is 47.1 Å². The van der Waals surface area contributed by atoms with Crippen LogP contribution in [-0.4, -0.2) is 19.7 Å². The van der Waals surface area contributed by atoms with Crippen molar-refractivity contribution in [3.63, 3.8) is 0 Å². The summed E-state index contributed by atoms with van der Waals surface area (Å²) in [5, 5.41) is 6.02. The molecule has 0 spiro atoms. The molecule has 0 saturated heterocycles. The molecule has 1 aliphatic carbocycles. The maximum absolute atomic E-state index is 12.4. The zero-order valence-corrected chi connectivity index (χ0v) is 13.4. The van der Waals surface area contributed by atoms with E-state index in [1.54, 1.807) is 19.4 Å². The fraction of sp³-hybridized carbons (Fsp3) is 0.389. The van der Waals surface area contributed by atoms with Crippen LogP contribution in [-0.2, 0) is 11.2 Å². The monoisotopic (exact) mass is 314 g/mol. The minimum Gasteiger partial charge on any atom is -0.467 e. The number of carbonyl (C=O) groups excluding carboxylic acids is 1. The van der Waals surface area contributed by atoms with E-state index in [4.69, 9.17) is 9.15 Å². The van der Waals surface area contributed by atoms with E-state index in [9.17, 15) is 4.79 Å². The molecule has 1 aromatic carbocycles. The molecular formula is C18H22N2O3. The summed E-state index contributed by atoms with van der Waals surface area (Å²) in [5.74, 6) is 1.06. The molecule has 2 N–H and O–H groups in total. The van der Waals surface area contributed by atoms with E-state index in [0.717, 1.165) is 6.42 Å². The van der Waals surface area contributed by atoms with Crippen LogP contribution >= 0.6 is 0 Å². The molecule has 3 atom stereocenters. The second kappa shape index (κ2) is 6.87. The summed E-state index contributed by atoms with van der Waals surface area (Å²) in [6.45, 7) is 2.52. The third kappa shape index (κ3) is 3.40. The number of furan rings is 1. The van der Waals surface area contributed by atoms with Gasteiger partial charge in [-0.05, 0) is 35.6 Å². The molecule has 23 heavy (non-hydrogen) atoms. The maximum atomic E-state index is 12.4. The van der Waals surface area contributed by atoms with Crippen molar-refractivity contribution in [2.24, 2.45) is 5.92 Å². The van der Waals surface area contributed by atoms with E-state index < -0.39 is 0 Å². The van der Waals surface area contributed by atoms with Crippen LogP contribution in [0, 0.1) is 5.92 Å². The van der Waals surface area contributed by atoms with Crippen LogP contribution < -0.4 is 10.6 Å². The van der Waals surface area contributed by atoms with Gasteiger partial charge in [-0.15, -0.1) is 0 Å². The molecule has 5 nitrogen and oxygen atoms in total. The number of nitrogens with one attached hydrogen (secondary N) is 2. The summed E-state index contributed by atoms with van der Waals surface area (Å²) < 4.78 is 10.5. The first-order valence-corrected chi connectivity index (χ1v) is 7.86. The summed E-state index contributed by atoms with van der Waals surface area (Å²) in [5.41, 5.74) is 2.52. The van der Waals surface area contributed by atoms with Crippen molar-refractivity contribution in [2.75, 3.05) is 13.7 Å². The average molecular weight is 314 g/mol. The number of urea groups is 1. The van der Waals surface area contributed by atoms with Gasteiger partial charge in [0.15, 0.2) is 0 Å². The SMILES string of the molecule is COC[C@H](NC(=O)N[C@@H]1c2ccccc2C[C@@H]1C)c1ccco1. The van der Waals surface area contributed by atoms with Crippen molar-refractivity contribution in [3.8, 4) is 0 Å². The van der Waals surface area contributed by atoms with Gasteiger partial charge in [0.1, 0.15) is 11.8 Å². The Labute approximate surface area is 136 Å². The van der Waals surface area contributed by atoms with Crippen molar-refractivity contribution in [3.05, 3.63) is 59.5 Å². The summed E-state index contributed by atoms with van der Waals surface area (Å²) in [4.78, 5) is 12.4. The van der Waals surface area contributed by atoms with Crippen LogP contribution in [0.3, 0.4) is 0 Å². The zero-order valence-electron chi connectivity index (χ0n) is 13.4. The molecule has 5 heteroatoms. The Bertz CT molecular complexity index is 654. The number of carbonyl (C=O) groups is 1. The molecule has 1 aromatic heterocycles. The smallest absolute Gasteiger partial charge is 0.315 e. The molecule has 1 heterocycles. The first-order valence-electron chi connectivity index (χ1n) is 7.86. The second-order valence-electron chi connectivity index (χ2n) is 6.00.